The molecular formula is C8H12N4O3S. The van der Waals surface area contributed by atoms with Gasteiger partial charge < -0.3 is 10.1 Å². The van der Waals surface area contributed by atoms with Gasteiger partial charge in [0.15, 0.2) is 5.03 Å². The van der Waals surface area contributed by atoms with E-state index in [1.54, 1.807) is 14.2 Å². The summed E-state index contributed by atoms with van der Waals surface area (Å²) in [6, 6.07) is 0. The van der Waals surface area contributed by atoms with Crippen LogP contribution in [0.4, 0.5) is 11.5 Å². The van der Waals surface area contributed by atoms with Crippen molar-refractivity contribution in [2.75, 3.05) is 31.8 Å². The number of anilines is 1. The highest BCUT2D eigenvalue weighted by Crippen LogP contribution is 2.31. The van der Waals surface area contributed by atoms with E-state index in [2.05, 4.69) is 15.3 Å². The van der Waals surface area contributed by atoms with Gasteiger partial charge in [0, 0.05) is 19.9 Å². The van der Waals surface area contributed by atoms with Crippen molar-refractivity contribution in [3.63, 3.8) is 0 Å². The number of rotatable bonds is 6. The van der Waals surface area contributed by atoms with E-state index in [4.69, 9.17) is 4.74 Å². The fourth-order valence-electron chi connectivity index (χ4n) is 1.04. The van der Waals surface area contributed by atoms with Gasteiger partial charge in [-0.3, -0.25) is 10.1 Å². The number of hydrogen-bond acceptors (Lipinski definition) is 7. The molecule has 8 heteroatoms. The van der Waals surface area contributed by atoms with Gasteiger partial charge in [-0.25, -0.2) is 9.97 Å². The minimum atomic E-state index is -0.485. The molecule has 0 amide bonds. The smallest absolute Gasteiger partial charge is 0.343 e. The lowest BCUT2D eigenvalue weighted by atomic mass is 10.5. The van der Waals surface area contributed by atoms with E-state index in [0.29, 0.717) is 17.4 Å². The molecule has 0 atom stereocenters. The second-order valence-corrected chi connectivity index (χ2v) is 3.81. The van der Waals surface area contributed by atoms with Gasteiger partial charge in [0.2, 0.25) is 5.82 Å². The number of thioether (sulfide) groups is 1. The number of nitrogens with one attached hydrogen (secondary N) is 1. The number of ether oxygens (including phenoxy) is 1. The number of aromatic nitrogens is 2. The van der Waals surface area contributed by atoms with Crippen LogP contribution in [0.5, 0.6) is 0 Å². The molecule has 1 N–H and O–H groups in total. The Hall–Kier alpha value is -1.41. The largest absolute Gasteiger partial charge is 0.384 e. The van der Waals surface area contributed by atoms with Crippen LogP contribution in [0, 0.1) is 10.1 Å². The van der Waals surface area contributed by atoms with Crippen molar-refractivity contribution in [2.45, 2.75) is 5.03 Å². The highest BCUT2D eigenvalue weighted by Gasteiger charge is 2.21. The van der Waals surface area contributed by atoms with Crippen LogP contribution in [0.15, 0.2) is 11.4 Å². The van der Waals surface area contributed by atoms with Crippen LogP contribution in [0.2, 0.25) is 0 Å². The van der Waals surface area contributed by atoms with Crippen LogP contribution in [-0.4, -0.2) is 41.4 Å². The second-order valence-electron chi connectivity index (χ2n) is 2.72. The molecule has 88 valence electrons. The first-order valence-electron chi connectivity index (χ1n) is 4.49. The maximum atomic E-state index is 10.9. The van der Waals surface area contributed by atoms with Crippen LogP contribution >= 0.6 is 11.8 Å². The van der Waals surface area contributed by atoms with Crippen molar-refractivity contribution in [1.82, 2.24) is 9.97 Å². The van der Waals surface area contributed by atoms with Gasteiger partial charge in [-0.1, -0.05) is 11.8 Å². The molecule has 1 aromatic heterocycles. The fraction of sp³-hybridized carbons (Fsp3) is 0.500. The fourth-order valence-corrected chi connectivity index (χ4v) is 1.91. The van der Waals surface area contributed by atoms with E-state index in [-0.39, 0.29) is 11.5 Å². The lowest BCUT2D eigenvalue weighted by molar-refractivity contribution is -0.387. The Kier molecular flexibility index (Phi) is 4.93. The van der Waals surface area contributed by atoms with Gasteiger partial charge in [0.05, 0.1) is 11.5 Å². The molecule has 7 nitrogen and oxygen atoms in total. The lowest BCUT2D eigenvalue weighted by Crippen LogP contribution is -2.03. The Labute approximate surface area is 96.8 Å². The maximum absolute atomic E-state index is 10.9. The Morgan fingerprint density at radius 2 is 2.38 bits per heavy atom. The van der Waals surface area contributed by atoms with Crippen molar-refractivity contribution >= 4 is 23.3 Å². The molecule has 1 heterocycles. The molecule has 0 aliphatic heterocycles. The molecule has 16 heavy (non-hydrogen) atoms. The predicted octanol–water partition coefficient (Wildman–Crippen LogP) is 1.17. The number of methoxy groups -OCH3 is 1. The minimum Gasteiger partial charge on any atom is -0.384 e. The van der Waals surface area contributed by atoms with Gasteiger partial charge in [-0.15, -0.1) is 0 Å². The summed E-state index contributed by atoms with van der Waals surface area (Å²) >= 11 is 1.27. The minimum absolute atomic E-state index is 0.0916. The summed E-state index contributed by atoms with van der Waals surface area (Å²) in [5.41, 5.74) is -0.0916. The normalized spacial score (nSPS) is 10.1. The topological polar surface area (TPSA) is 90.2 Å². The standard InChI is InChI=1S/C8H12N4O3S/c1-9-7-6(12(13)14)8(11-5-10-7)16-4-3-15-2/h5H,3-4H2,1-2H3,(H,9,10,11). The van der Waals surface area contributed by atoms with E-state index in [9.17, 15) is 10.1 Å². The summed E-state index contributed by atoms with van der Waals surface area (Å²) in [4.78, 5) is 18.1. The zero-order chi connectivity index (χ0) is 12.0. The Balaban J connectivity index is 2.93. The van der Waals surface area contributed by atoms with E-state index in [1.807, 2.05) is 0 Å². The molecule has 0 saturated heterocycles. The third-order valence-electron chi connectivity index (χ3n) is 1.73. The van der Waals surface area contributed by atoms with E-state index in [1.165, 1.54) is 18.1 Å². The Morgan fingerprint density at radius 3 is 2.94 bits per heavy atom. The van der Waals surface area contributed by atoms with Gasteiger partial charge >= 0.3 is 5.69 Å². The summed E-state index contributed by atoms with van der Waals surface area (Å²) in [6.07, 6.45) is 1.30. The van der Waals surface area contributed by atoms with Crippen LogP contribution in [0.25, 0.3) is 0 Å². The predicted molar refractivity (Wildman–Crippen MR) is 60.8 cm³/mol. The van der Waals surface area contributed by atoms with Crippen molar-refractivity contribution in [1.29, 1.82) is 0 Å². The molecule has 0 fully saturated rings. The molecule has 0 aliphatic rings. The summed E-state index contributed by atoms with van der Waals surface area (Å²) in [5, 5.41) is 13.9. The average molecular weight is 244 g/mol. The van der Waals surface area contributed by atoms with Crippen molar-refractivity contribution < 1.29 is 9.66 Å². The highest BCUT2D eigenvalue weighted by molar-refractivity contribution is 7.99. The van der Waals surface area contributed by atoms with Gasteiger partial charge in [-0.05, 0) is 0 Å². The van der Waals surface area contributed by atoms with Gasteiger partial charge in [0.1, 0.15) is 6.33 Å². The van der Waals surface area contributed by atoms with Gasteiger partial charge in [-0.2, -0.15) is 0 Å². The number of nitro groups is 1. The van der Waals surface area contributed by atoms with Crippen LogP contribution in [0.3, 0.4) is 0 Å². The summed E-state index contributed by atoms with van der Waals surface area (Å²) in [6.45, 7) is 0.515. The molecule has 0 aromatic carbocycles. The first kappa shape index (κ1) is 12.7. The molecule has 1 rings (SSSR count). The molecule has 0 saturated carbocycles. The van der Waals surface area contributed by atoms with Crippen molar-refractivity contribution in [3.05, 3.63) is 16.4 Å². The van der Waals surface area contributed by atoms with Crippen LogP contribution < -0.4 is 5.32 Å². The van der Waals surface area contributed by atoms with Crippen LogP contribution in [0.1, 0.15) is 0 Å². The zero-order valence-corrected chi connectivity index (χ0v) is 9.78. The highest BCUT2D eigenvalue weighted by atomic mass is 32.2. The molecule has 0 unspecified atom stereocenters. The molecular weight excluding hydrogens is 232 g/mol. The maximum Gasteiger partial charge on any atom is 0.343 e. The number of hydrogen-bond donors (Lipinski definition) is 1. The molecule has 0 radical (unpaired) electrons. The average Bonchev–Trinajstić information content (AvgIpc) is 2.28. The first-order valence-corrected chi connectivity index (χ1v) is 5.48. The summed E-state index contributed by atoms with van der Waals surface area (Å²) in [5.74, 6) is 0.831. The lowest BCUT2D eigenvalue weighted by Gasteiger charge is -2.04. The summed E-state index contributed by atoms with van der Waals surface area (Å²) in [7, 11) is 3.16. The van der Waals surface area contributed by atoms with Gasteiger partial charge in [0.25, 0.3) is 0 Å². The van der Waals surface area contributed by atoms with E-state index >= 15 is 0 Å². The number of nitrogens with zero attached hydrogens (tertiary/aromatic N) is 3. The molecule has 1 aromatic rings. The monoisotopic (exact) mass is 244 g/mol. The molecule has 0 spiro atoms. The Morgan fingerprint density at radius 1 is 1.62 bits per heavy atom. The third kappa shape index (κ3) is 3.04. The molecule has 0 bridgehead atoms. The van der Waals surface area contributed by atoms with E-state index < -0.39 is 4.92 Å². The molecule has 0 aliphatic carbocycles. The third-order valence-corrected chi connectivity index (χ3v) is 2.68. The first-order chi connectivity index (χ1) is 7.70. The van der Waals surface area contributed by atoms with Crippen LogP contribution in [-0.2, 0) is 4.74 Å². The zero-order valence-electron chi connectivity index (χ0n) is 8.97. The van der Waals surface area contributed by atoms with E-state index in [0.717, 1.165) is 0 Å². The SMILES string of the molecule is CNc1ncnc(SCCOC)c1[N+](=O)[O-]. The quantitative estimate of drug-likeness (QED) is 0.264. The summed E-state index contributed by atoms with van der Waals surface area (Å²) < 4.78 is 4.87. The second kappa shape index (κ2) is 6.23. The van der Waals surface area contributed by atoms with Crippen molar-refractivity contribution in [2.24, 2.45) is 0 Å². The van der Waals surface area contributed by atoms with Crippen molar-refractivity contribution in [3.8, 4) is 0 Å². The Bertz CT molecular complexity index is 374.